The van der Waals surface area contributed by atoms with Crippen molar-refractivity contribution < 1.29 is 14.8 Å². The van der Waals surface area contributed by atoms with Gasteiger partial charge in [-0.25, -0.2) is 0 Å². The van der Waals surface area contributed by atoms with Crippen molar-refractivity contribution in [2.24, 2.45) is 0 Å². The Morgan fingerprint density at radius 2 is 1.75 bits per heavy atom. The Balaban J connectivity index is 2.14. The first-order chi connectivity index (χ1) is 9.49. The van der Waals surface area contributed by atoms with E-state index in [2.05, 4.69) is 0 Å². The molecule has 0 heterocycles. The zero-order chi connectivity index (χ0) is 14.7. The fraction of sp³-hybridized carbons (Fsp3) is 0.143. The minimum absolute atomic E-state index is 0.249. The molecule has 20 heavy (non-hydrogen) atoms. The van der Waals surface area contributed by atoms with Gasteiger partial charge in [-0.15, -0.1) is 0 Å². The number of benzene rings is 2. The van der Waals surface area contributed by atoms with E-state index in [0.717, 1.165) is 11.1 Å². The van der Waals surface area contributed by atoms with Gasteiger partial charge in [0.25, 0.3) is 0 Å². The number of hydrogen-bond acceptors (Lipinski definition) is 3. The van der Waals surface area contributed by atoms with Crippen molar-refractivity contribution in [3.8, 4) is 5.75 Å². The lowest BCUT2D eigenvalue weighted by Gasteiger charge is -2.11. The molecule has 0 fully saturated rings. The van der Waals surface area contributed by atoms with Crippen LogP contribution in [-0.4, -0.2) is 17.2 Å². The first-order valence-corrected chi connectivity index (χ1v) is 6.77. The van der Waals surface area contributed by atoms with Crippen LogP contribution in [0.4, 0.5) is 0 Å². The molecule has 0 saturated heterocycles. The molecular weight excluding hydrogens is 298 g/mol. The van der Waals surface area contributed by atoms with Crippen molar-refractivity contribution in [1.29, 1.82) is 0 Å². The largest absolute Gasteiger partial charge is 0.489 e. The molecule has 6 heteroatoms. The summed E-state index contributed by atoms with van der Waals surface area (Å²) in [5.74, 6) is 0.614. The molecule has 104 valence electrons. The van der Waals surface area contributed by atoms with E-state index in [1.54, 1.807) is 43.3 Å². The number of rotatable bonds is 4. The van der Waals surface area contributed by atoms with E-state index >= 15 is 0 Å². The van der Waals surface area contributed by atoms with Crippen LogP contribution in [0.15, 0.2) is 36.4 Å². The van der Waals surface area contributed by atoms with Gasteiger partial charge in [-0.05, 0) is 42.2 Å². The van der Waals surface area contributed by atoms with Gasteiger partial charge in [0.15, 0.2) is 0 Å². The first-order valence-electron chi connectivity index (χ1n) is 6.01. The second-order valence-electron chi connectivity index (χ2n) is 4.38. The standard InChI is InChI=1S/C14H13BCl2O3/c1-9-7-10(5-6-12(9)15(18)19)20-8-11-13(16)3-2-4-14(11)17/h2-7,18-19H,8H2,1H3. The quantitative estimate of drug-likeness (QED) is 0.853. The van der Waals surface area contributed by atoms with Gasteiger partial charge in [-0.1, -0.05) is 35.3 Å². The molecule has 0 saturated carbocycles. The Morgan fingerprint density at radius 3 is 2.30 bits per heavy atom. The van der Waals surface area contributed by atoms with Gasteiger partial charge in [0.05, 0.1) is 0 Å². The fourth-order valence-electron chi connectivity index (χ4n) is 1.85. The van der Waals surface area contributed by atoms with Crippen LogP contribution in [0.3, 0.4) is 0 Å². The molecule has 0 spiro atoms. The van der Waals surface area contributed by atoms with E-state index in [9.17, 15) is 0 Å². The molecule has 0 aliphatic rings. The van der Waals surface area contributed by atoms with Crippen LogP contribution in [0.5, 0.6) is 5.75 Å². The van der Waals surface area contributed by atoms with E-state index in [0.29, 0.717) is 21.3 Å². The van der Waals surface area contributed by atoms with Gasteiger partial charge in [-0.2, -0.15) is 0 Å². The molecule has 2 aromatic carbocycles. The molecule has 0 radical (unpaired) electrons. The Kier molecular flexibility index (Phi) is 4.94. The molecular formula is C14H13BCl2O3. The van der Waals surface area contributed by atoms with E-state index in [4.69, 9.17) is 38.0 Å². The Bertz CT molecular complexity index is 597. The number of aryl methyl sites for hydroxylation is 1. The van der Waals surface area contributed by atoms with Crippen LogP contribution in [0.1, 0.15) is 11.1 Å². The Hall–Kier alpha value is -1.20. The van der Waals surface area contributed by atoms with Crippen LogP contribution in [0, 0.1) is 6.92 Å². The topological polar surface area (TPSA) is 49.7 Å². The van der Waals surface area contributed by atoms with Gasteiger partial charge in [0.2, 0.25) is 0 Å². The summed E-state index contributed by atoms with van der Waals surface area (Å²) in [5, 5.41) is 19.4. The third-order valence-electron chi connectivity index (χ3n) is 2.96. The maximum atomic E-state index is 9.16. The van der Waals surface area contributed by atoms with Crippen molar-refractivity contribution in [2.45, 2.75) is 13.5 Å². The van der Waals surface area contributed by atoms with E-state index < -0.39 is 7.12 Å². The molecule has 0 amide bonds. The molecule has 0 bridgehead atoms. The van der Waals surface area contributed by atoms with Crippen LogP contribution >= 0.6 is 23.2 Å². The third kappa shape index (κ3) is 3.47. The summed E-state index contributed by atoms with van der Waals surface area (Å²) in [5.41, 5.74) is 1.91. The number of ether oxygens (including phenoxy) is 1. The van der Waals surface area contributed by atoms with Gasteiger partial charge in [0, 0.05) is 15.6 Å². The molecule has 0 aliphatic heterocycles. The molecule has 0 aromatic heterocycles. The zero-order valence-electron chi connectivity index (χ0n) is 10.8. The van der Waals surface area contributed by atoms with E-state index in [1.807, 2.05) is 0 Å². The fourth-order valence-corrected chi connectivity index (χ4v) is 2.36. The molecule has 2 aromatic rings. The average Bonchev–Trinajstić information content (AvgIpc) is 2.37. The Labute approximate surface area is 127 Å². The molecule has 2 rings (SSSR count). The van der Waals surface area contributed by atoms with Crippen molar-refractivity contribution in [3.05, 3.63) is 57.6 Å². The summed E-state index contributed by atoms with van der Waals surface area (Å²) in [6.07, 6.45) is 0. The monoisotopic (exact) mass is 310 g/mol. The van der Waals surface area contributed by atoms with Gasteiger partial charge >= 0.3 is 7.12 Å². The van der Waals surface area contributed by atoms with E-state index in [-0.39, 0.29) is 6.61 Å². The SMILES string of the molecule is Cc1cc(OCc2c(Cl)cccc2Cl)ccc1B(O)O. The summed E-state index contributed by atoms with van der Waals surface area (Å²) < 4.78 is 5.64. The third-order valence-corrected chi connectivity index (χ3v) is 3.67. The highest BCUT2D eigenvalue weighted by Gasteiger charge is 2.14. The van der Waals surface area contributed by atoms with Crippen LogP contribution in [0.25, 0.3) is 0 Å². The minimum atomic E-state index is -1.48. The van der Waals surface area contributed by atoms with Crippen molar-refractivity contribution in [1.82, 2.24) is 0 Å². The van der Waals surface area contributed by atoms with Crippen molar-refractivity contribution >= 4 is 35.8 Å². The van der Waals surface area contributed by atoms with Crippen LogP contribution in [0.2, 0.25) is 10.0 Å². The maximum Gasteiger partial charge on any atom is 0.488 e. The second kappa shape index (κ2) is 6.50. The highest BCUT2D eigenvalue weighted by molar-refractivity contribution is 6.59. The molecule has 3 nitrogen and oxygen atoms in total. The number of halogens is 2. The summed E-state index contributed by atoms with van der Waals surface area (Å²) >= 11 is 12.1. The lowest BCUT2D eigenvalue weighted by atomic mass is 9.77. The van der Waals surface area contributed by atoms with Crippen molar-refractivity contribution in [2.75, 3.05) is 0 Å². The summed E-state index contributed by atoms with van der Waals surface area (Å²) in [6, 6.07) is 10.3. The maximum absolute atomic E-state index is 9.16. The normalized spacial score (nSPS) is 10.4. The highest BCUT2D eigenvalue weighted by Crippen LogP contribution is 2.25. The average molecular weight is 311 g/mol. The number of hydrogen-bond donors (Lipinski definition) is 2. The highest BCUT2D eigenvalue weighted by atomic mass is 35.5. The first kappa shape index (κ1) is 15.2. The van der Waals surface area contributed by atoms with Crippen molar-refractivity contribution in [3.63, 3.8) is 0 Å². The minimum Gasteiger partial charge on any atom is -0.489 e. The van der Waals surface area contributed by atoms with Gasteiger partial charge in [0.1, 0.15) is 12.4 Å². The van der Waals surface area contributed by atoms with Crippen LogP contribution in [-0.2, 0) is 6.61 Å². The lowest BCUT2D eigenvalue weighted by Crippen LogP contribution is -2.31. The molecule has 0 atom stereocenters. The summed E-state index contributed by atoms with van der Waals surface area (Å²) in [4.78, 5) is 0. The van der Waals surface area contributed by atoms with Gasteiger partial charge in [-0.3, -0.25) is 0 Å². The zero-order valence-corrected chi connectivity index (χ0v) is 12.3. The Morgan fingerprint density at radius 1 is 1.10 bits per heavy atom. The smallest absolute Gasteiger partial charge is 0.488 e. The molecule has 2 N–H and O–H groups in total. The lowest BCUT2D eigenvalue weighted by molar-refractivity contribution is 0.306. The predicted octanol–water partition coefficient (Wildman–Crippen LogP) is 2.56. The van der Waals surface area contributed by atoms with Gasteiger partial charge < -0.3 is 14.8 Å². The summed E-state index contributed by atoms with van der Waals surface area (Å²) in [6.45, 7) is 2.03. The second-order valence-corrected chi connectivity index (χ2v) is 5.20. The molecule has 0 unspecified atom stereocenters. The van der Waals surface area contributed by atoms with Crippen LogP contribution < -0.4 is 10.2 Å². The summed E-state index contributed by atoms with van der Waals surface area (Å²) in [7, 11) is -1.48. The molecule has 0 aliphatic carbocycles. The predicted molar refractivity (Wildman–Crippen MR) is 81.8 cm³/mol. The van der Waals surface area contributed by atoms with E-state index in [1.165, 1.54) is 0 Å².